The summed E-state index contributed by atoms with van der Waals surface area (Å²) < 4.78 is 11.1. The lowest BCUT2D eigenvalue weighted by atomic mass is 9.69. The maximum atomic E-state index is 11.7. The Kier molecular flexibility index (Phi) is 1.54. The van der Waals surface area contributed by atoms with Gasteiger partial charge in [-0.2, -0.15) is 0 Å². The lowest BCUT2D eigenvalue weighted by Gasteiger charge is -2.33. The fourth-order valence-electron chi connectivity index (χ4n) is 3.86. The first-order valence-corrected chi connectivity index (χ1v) is 6.04. The highest BCUT2D eigenvalue weighted by Crippen LogP contribution is 2.54. The van der Waals surface area contributed by atoms with Gasteiger partial charge < -0.3 is 15.2 Å². The van der Waals surface area contributed by atoms with Gasteiger partial charge in [0.2, 0.25) is 0 Å². The molecule has 0 radical (unpaired) electrons. The number of cyclic esters (lactones) is 1. The third-order valence-electron chi connectivity index (χ3n) is 4.59. The molecule has 2 fully saturated rings. The van der Waals surface area contributed by atoms with Gasteiger partial charge >= 0.3 is 5.97 Å². The Labute approximate surface area is 93.8 Å². The lowest BCUT2D eigenvalue weighted by molar-refractivity contribution is -0.143. The molecular formula is C12H15NO3. The fraction of sp³-hybridized carbons (Fsp3) is 0.750. The standard InChI is InChI=1S/C12H15NO3/c13-12-5-15-11(14)8(12)9-6-3-1-2-4-7(6)10(12)16-9/h8-10H,1-5,13H2/t8-,9?,10?,12-/m1/s1. The molecule has 1 aliphatic carbocycles. The van der Waals surface area contributed by atoms with Crippen molar-refractivity contribution in [2.24, 2.45) is 11.7 Å². The zero-order chi connectivity index (χ0) is 10.9. The van der Waals surface area contributed by atoms with Crippen LogP contribution >= 0.6 is 0 Å². The number of hydrogen-bond donors (Lipinski definition) is 1. The molecule has 86 valence electrons. The molecule has 2 bridgehead atoms. The van der Waals surface area contributed by atoms with E-state index >= 15 is 0 Å². The van der Waals surface area contributed by atoms with Crippen LogP contribution in [0.3, 0.4) is 0 Å². The number of esters is 1. The highest BCUT2D eigenvalue weighted by Gasteiger charge is 2.67. The molecule has 4 atom stereocenters. The average molecular weight is 221 g/mol. The number of hydrogen-bond acceptors (Lipinski definition) is 4. The zero-order valence-electron chi connectivity index (χ0n) is 9.07. The van der Waals surface area contributed by atoms with Crippen molar-refractivity contribution < 1.29 is 14.3 Å². The molecule has 4 aliphatic rings. The summed E-state index contributed by atoms with van der Waals surface area (Å²) in [7, 11) is 0. The van der Waals surface area contributed by atoms with Crippen molar-refractivity contribution in [1.82, 2.24) is 0 Å². The van der Waals surface area contributed by atoms with Crippen LogP contribution in [0, 0.1) is 5.92 Å². The van der Waals surface area contributed by atoms with Crippen molar-refractivity contribution >= 4 is 5.97 Å². The van der Waals surface area contributed by atoms with Gasteiger partial charge in [-0.1, -0.05) is 0 Å². The van der Waals surface area contributed by atoms with Crippen LogP contribution in [0.5, 0.6) is 0 Å². The Morgan fingerprint density at radius 2 is 2.00 bits per heavy atom. The van der Waals surface area contributed by atoms with E-state index in [1.165, 1.54) is 24.0 Å². The smallest absolute Gasteiger partial charge is 0.314 e. The molecule has 16 heavy (non-hydrogen) atoms. The molecule has 2 unspecified atom stereocenters. The number of carbonyl (C=O) groups is 1. The van der Waals surface area contributed by atoms with Gasteiger partial charge in [-0.15, -0.1) is 0 Å². The lowest BCUT2D eigenvalue weighted by Crippen LogP contribution is -2.56. The minimum Gasteiger partial charge on any atom is -0.463 e. The topological polar surface area (TPSA) is 61.5 Å². The molecule has 0 spiro atoms. The van der Waals surface area contributed by atoms with E-state index in [1.54, 1.807) is 0 Å². The van der Waals surface area contributed by atoms with Gasteiger partial charge in [0.1, 0.15) is 18.6 Å². The number of ether oxygens (including phenoxy) is 2. The van der Waals surface area contributed by atoms with E-state index in [2.05, 4.69) is 0 Å². The van der Waals surface area contributed by atoms with Crippen molar-refractivity contribution in [2.45, 2.75) is 43.4 Å². The SMILES string of the molecule is N[C@]12COC(=O)[C@H]1C1OC2C2=C1CCCC2. The van der Waals surface area contributed by atoms with Crippen LogP contribution in [-0.4, -0.2) is 30.3 Å². The van der Waals surface area contributed by atoms with E-state index in [9.17, 15) is 4.79 Å². The molecule has 4 nitrogen and oxygen atoms in total. The largest absolute Gasteiger partial charge is 0.463 e. The van der Waals surface area contributed by atoms with E-state index in [1.807, 2.05) is 0 Å². The molecule has 4 rings (SSSR count). The quantitative estimate of drug-likeness (QED) is 0.478. The minimum absolute atomic E-state index is 0.0516. The summed E-state index contributed by atoms with van der Waals surface area (Å²) in [6.45, 7) is 0.328. The maximum Gasteiger partial charge on any atom is 0.314 e. The highest BCUT2D eigenvalue weighted by atomic mass is 16.6. The third-order valence-corrected chi connectivity index (χ3v) is 4.59. The van der Waals surface area contributed by atoms with E-state index in [4.69, 9.17) is 15.2 Å². The first-order valence-electron chi connectivity index (χ1n) is 6.04. The zero-order valence-corrected chi connectivity index (χ0v) is 9.07. The molecular weight excluding hydrogens is 206 g/mol. The molecule has 0 aromatic carbocycles. The molecule has 2 N–H and O–H groups in total. The summed E-state index contributed by atoms with van der Waals surface area (Å²) in [5, 5.41) is 0. The minimum atomic E-state index is -0.572. The molecule has 0 amide bonds. The van der Waals surface area contributed by atoms with E-state index < -0.39 is 5.54 Å². The molecule has 4 heteroatoms. The summed E-state index contributed by atoms with van der Waals surface area (Å²) >= 11 is 0. The van der Waals surface area contributed by atoms with Crippen molar-refractivity contribution in [2.75, 3.05) is 6.61 Å². The van der Waals surface area contributed by atoms with Crippen molar-refractivity contribution in [1.29, 1.82) is 0 Å². The fourth-order valence-corrected chi connectivity index (χ4v) is 3.86. The molecule has 3 aliphatic heterocycles. The van der Waals surface area contributed by atoms with Gasteiger partial charge in [-0.3, -0.25) is 4.79 Å². The second kappa shape index (κ2) is 2.68. The van der Waals surface area contributed by atoms with Crippen LogP contribution < -0.4 is 5.73 Å². The molecule has 0 aromatic heterocycles. The van der Waals surface area contributed by atoms with Crippen LogP contribution in [-0.2, 0) is 14.3 Å². The maximum absolute atomic E-state index is 11.7. The van der Waals surface area contributed by atoms with Gasteiger partial charge in [0.25, 0.3) is 0 Å². The number of fused-ring (bicyclic) bond motifs is 7. The predicted molar refractivity (Wildman–Crippen MR) is 55.5 cm³/mol. The Balaban J connectivity index is 1.84. The summed E-state index contributed by atoms with van der Waals surface area (Å²) in [5.41, 5.74) is 8.52. The molecule has 2 saturated heterocycles. The van der Waals surface area contributed by atoms with Gasteiger partial charge in [-0.05, 0) is 36.8 Å². The second-order valence-corrected chi connectivity index (χ2v) is 5.39. The van der Waals surface area contributed by atoms with Crippen LogP contribution in [0.2, 0.25) is 0 Å². The number of rotatable bonds is 0. The number of carbonyl (C=O) groups excluding carboxylic acids is 1. The van der Waals surface area contributed by atoms with Crippen LogP contribution in [0.15, 0.2) is 11.1 Å². The van der Waals surface area contributed by atoms with Gasteiger partial charge in [0.15, 0.2) is 0 Å². The Hall–Kier alpha value is -0.870. The molecule has 0 aromatic rings. The second-order valence-electron chi connectivity index (χ2n) is 5.39. The average Bonchev–Trinajstić information content (AvgIpc) is 2.89. The van der Waals surface area contributed by atoms with E-state index in [0.717, 1.165) is 12.8 Å². The Morgan fingerprint density at radius 1 is 1.25 bits per heavy atom. The van der Waals surface area contributed by atoms with Crippen LogP contribution in [0.25, 0.3) is 0 Å². The Bertz CT molecular complexity index is 416. The van der Waals surface area contributed by atoms with Crippen molar-refractivity contribution in [3.05, 3.63) is 11.1 Å². The molecule has 3 heterocycles. The Morgan fingerprint density at radius 3 is 2.81 bits per heavy atom. The van der Waals surface area contributed by atoms with Crippen molar-refractivity contribution in [3.8, 4) is 0 Å². The molecule has 0 saturated carbocycles. The summed E-state index contributed by atoms with van der Waals surface area (Å²) in [6, 6.07) is 0. The van der Waals surface area contributed by atoms with Crippen molar-refractivity contribution in [3.63, 3.8) is 0 Å². The summed E-state index contributed by atoms with van der Waals surface area (Å²) in [5.74, 6) is -0.401. The van der Waals surface area contributed by atoms with Gasteiger partial charge in [-0.25, -0.2) is 0 Å². The third kappa shape index (κ3) is 0.834. The van der Waals surface area contributed by atoms with E-state index in [-0.39, 0.29) is 24.1 Å². The van der Waals surface area contributed by atoms with Crippen LogP contribution in [0.4, 0.5) is 0 Å². The summed E-state index contributed by atoms with van der Waals surface area (Å²) in [4.78, 5) is 11.7. The first kappa shape index (κ1) is 9.19. The van der Waals surface area contributed by atoms with Gasteiger partial charge in [0, 0.05) is 0 Å². The number of nitrogens with two attached hydrogens (primary N) is 1. The van der Waals surface area contributed by atoms with Gasteiger partial charge in [0.05, 0.1) is 11.6 Å². The highest BCUT2D eigenvalue weighted by molar-refractivity contribution is 5.80. The summed E-state index contributed by atoms with van der Waals surface area (Å²) in [6.07, 6.45) is 4.49. The van der Waals surface area contributed by atoms with Crippen LogP contribution in [0.1, 0.15) is 25.7 Å². The predicted octanol–water partition coefficient (Wildman–Crippen LogP) is 0.508. The first-order chi connectivity index (χ1) is 7.72. The monoisotopic (exact) mass is 221 g/mol. The van der Waals surface area contributed by atoms with E-state index in [0.29, 0.717) is 6.61 Å². The normalized spacial score (nSPS) is 49.3.